The van der Waals surface area contributed by atoms with E-state index in [2.05, 4.69) is 13.8 Å². The van der Waals surface area contributed by atoms with Crippen LogP contribution in [0.1, 0.15) is 53.9 Å². The highest BCUT2D eigenvalue weighted by molar-refractivity contribution is 5.84. The third kappa shape index (κ3) is 4.25. The zero-order chi connectivity index (χ0) is 12.3. The molecular formula is C14H26O2. The second kappa shape index (κ2) is 5.31. The molecule has 0 heterocycles. The lowest BCUT2D eigenvalue weighted by Crippen LogP contribution is -2.31. The first-order valence-corrected chi connectivity index (χ1v) is 6.44. The molecule has 0 aliphatic heterocycles. The smallest absolute Gasteiger partial charge is 0.163 e. The summed E-state index contributed by atoms with van der Waals surface area (Å²) in [5.74, 6) is 1.68. The molecule has 0 radical (unpaired) electrons. The normalized spacial score (nSPS) is 31.4. The summed E-state index contributed by atoms with van der Waals surface area (Å²) in [5, 5.41) is 0. The van der Waals surface area contributed by atoms with Crippen molar-refractivity contribution in [1.82, 2.24) is 0 Å². The lowest BCUT2D eigenvalue weighted by atomic mass is 9.81. The van der Waals surface area contributed by atoms with Crippen molar-refractivity contribution in [3.63, 3.8) is 0 Å². The minimum Gasteiger partial charge on any atom is -0.370 e. The molecule has 0 saturated heterocycles. The first-order valence-electron chi connectivity index (χ1n) is 6.44. The molecule has 1 aliphatic carbocycles. The van der Waals surface area contributed by atoms with Crippen molar-refractivity contribution >= 4 is 5.78 Å². The number of hydrogen-bond acceptors (Lipinski definition) is 2. The minimum atomic E-state index is -0.272. The number of carbonyl (C=O) groups excluding carboxylic acids is 1. The Morgan fingerprint density at radius 1 is 1.12 bits per heavy atom. The largest absolute Gasteiger partial charge is 0.370 e. The first kappa shape index (κ1) is 13.7. The molecule has 0 N–H and O–H groups in total. The van der Waals surface area contributed by atoms with Gasteiger partial charge in [-0.15, -0.1) is 0 Å². The average molecular weight is 226 g/mol. The topological polar surface area (TPSA) is 26.3 Å². The molecule has 0 aromatic carbocycles. The summed E-state index contributed by atoms with van der Waals surface area (Å²) in [6.07, 6.45) is 3.82. The van der Waals surface area contributed by atoms with Crippen LogP contribution in [0.4, 0.5) is 0 Å². The SMILES string of the molecule is CC1CC(C)CC(OCC(=O)C(C)(C)C)C1. The van der Waals surface area contributed by atoms with Crippen LogP contribution in [0.25, 0.3) is 0 Å². The van der Waals surface area contributed by atoms with E-state index in [1.54, 1.807) is 0 Å². The summed E-state index contributed by atoms with van der Waals surface area (Å²) < 4.78 is 5.76. The summed E-state index contributed by atoms with van der Waals surface area (Å²) in [4.78, 5) is 11.7. The number of ketones is 1. The van der Waals surface area contributed by atoms with Gasteiger partial charge >= 0.3 is 0 Å². The van der Waals surface area contributed by atoms with Gasteiger partial charge in [-0.3, -0.25) is 4.79 Å². The van der Waals surface area contributed by atoms with E-state index in [1.807, 2.05) is 20.8 Å². The number of carbonyl (C=O) groups is 1. The van der Waals surface area contributed by atoms with Crippen LogP contribution >= 0.6 is 0 Å². The van der Waals surface area contributed by atoms with E-state index in [9.17, 15) is 4.79 Å². The zero-order valence-corrected chi connectivity index (χ0v) is 11.4. The highest BCUT2D eigenvalue weighted by Gasteiger charge is 2.27. The molecule has 0 amide bonds. The number of hydrogen-bond donors (Lipinski definition) is 0. The predicted molar refractivity (Wildman–Crippen MR) is 66.4 cm³/mol. The molecule has 0 aromatic rings. The third-order valence-electron chi connectivity index (χ3n) is 3.42. The predicted octanol–water partition coefficient (Wildman–Crippen LogP) is 3.44. The molecule has 94 valence electrons. The fourth-order valence-corrected chi connectivity index (χ4v) is 2.42. The summed E-state index contributed by atoms with van der Waals surface area (Å²) in [6, 6.07) is 0. The molecule has 1 fully saturated rings. The number of Topliss-reactive ketones (excluding diaryl/α,β-unsaturated/α-hetero) is 1. The number of ether oxygens (including phenoxy) is 1. The molecular weight excluding hydrogens is 200 g/mol. The molecule has 0 spiro atoms. The molecule has 1 aliphatic rings. The summed E-state index contributed by atoms with van der Waals surface area (Å²) in [5.41, 5.74) is -0.272. The van der Waals surface area contributed by atoms with Crippen molar-refractivity contribution in [1.29, 1.82) is 0 Å². The Hall–Kier alpha value is -0.370. The lowest BCUT2D eigenvalue weighted by molar-refractivity contribution is -0.134. The van der Waals surface area contributed by atoms with Crippen molar-refractivity contribution < 1.29 is 9.53 Å². The maximum Gasteiger partial charge on any atom is 0.163 e. The van der Waals surface area contributed by atoms with E-state index in [4.69, 9.17) is 4.74 Å². The van der Waals surface area contributed by atoms with Gasteiger partial charge in [-0.2, -0.15) is 0 Å². The van der Waals surface area contributed by atoms with E-state index in [1.165, 1.54) is 6.42 Å². The van der Waals surface area contributed by atoms with Crippen LogP contribution < -0.4 is 0 Å². The van der Waals surface area contributed by atoms with Gasteiger partial charge in [-0.1, -0.05) is 34.6 Å². The zero-order valence-electron chi connectivity index (χ0n) is 11.4. The second-order valence-corrected chi connectivity index (χ2v) is 6.52. The standard InChI is InChI=1S/C14H26O2/c1-10-6-11(2)8-12(7-10)16-9-13(15)14(3,4)5/h10-12H,6-9H2,1-5H3. The van der Waals surface area contributed by atoms with Crippen molar-refractivity contribution in [2.24, 2.45) is 17.3 Å². The molecule has 1 rings (SSSR count). The Bertz CT molecular complexity index is 230. The third-order valence-corrected chi connectivity index (χ3v) is 3.42. The Balaban J connectivity index is 2.35. The Kier molecular flexibility index (Phi) is 4.54. The summed E-state index contributed by atoms with van der Waals surface area (Å²) >= 11 is 0. The van der Waals surface area contributed by atoms with Gasteiger partial charge < -0.3 is 4.74 Å². The van der Waals surface area contributed by atoms with Gasteiger partial charge in [-0.05, 0) is 31.1 Å². The second-order valence-electron chi connectivity index (χ2n) is 6.52. The van der Waals surface area contributed by atoms with Crippen LogP contribution in [-0.4, -0.2) is 18.5 Å². The van der Waals surface area contributed by atoms with Crippen LogP contribution in [-0.2, 0) is 9.53 Å². The maximum atomic E-state index is 11.7. The highest BCUT2D eigenvalue weighted by Crippen LogP contribution is 2.30. The summed E-state index contributed by atoms with van der Waals surface area (Å²) in [6.45, 7) is 10.7. The van der Waals surface area contributed by atoms with E-state index >= 15 is 0 Å². The van der Waals surface area contributed by atoms with Gasteiger partial charge in [0.05, 0.1) is 6.10 Å². The van der Waals surface area contributed by atoms with Gasteiger partial charge in [0.15, 0.2) is 5.78 Å². The van der Waals surface area contributed by atoms with Crippen molar-refractivity contribution in [3.05, 3.63) is 0 Å². The van der Waals surface area contributed by atoms with Gasteiger partial charge in [-0.25, -0.2) is 0 Å². The van der Waals surface area contributed by atoms with E-state index in [-0.39, 0.29) is 17.8 Å². The highest BCUT2D eigenvalue weighted by atomic mass is 16.5. The Morgan fingerprint density at radius 2 is 1.62 bits per heavy atom. The Labute approximate surface area is 99.8 Å². The summed E-state index contributed by atoms with van der Waals surface area (Å²) in [7, 11) is 0. The molecule has 2 nitrogen and oxygen atoms in total. The van der Waals surface area contributed by atoms with Crippen LogP contribution in [0.15, 0.2) is 0 Å². The Morgan fingerprint density at radius 3 is 2.06 bits per heavy atom. The quantitative estimate of drug-likeness (QED) is 0.737. The van der Waals surface area contributed by atoms with Crippen molar-refractivity contribution in [2.75, 3.05) is 6.61 Å². The maximum absolute atomic E-state index is 11.7. The average Bonchev–Trinajstić information content (AvgIpc) is 2.11. The van der Waals surface area contributed by atoms with E-state index in [0.717, 1.165) is 24.7 Å². The fourth-order valence-electron chi connectivity index (χ4n) is 2.42. The van der Waals surface area contributed by atoms with Crippen LogP contribution in [0.3, 0.4) is 0 Å². The molecule has 2 unspecified atom stereocenters. The molecule has 0 bridgehead atoms. The molecule has 16 heavy (non-hydrogen) atoms. The molecule has 2 heteroatoms. The lowest BCUT2D eigenvalue weighted by Gasteiger charge is -2.31. The van der Waals surface area contributed by atoms with Crippen LogP contribution in [0.5, 0.6) is 0 Å². The first-order chi connectivity index (χ1) is 7.29. The number of rotatable bonds is 3. The van der Waals surface area contributed by atoms with Crippen LogP contribution in [0, 0.1) is 17.3 Å². The van der Waals surface area contributed by atoms with E-state index < -0.39 is 0 Å². The van der Waals surface area contributed by atoms with Gasteiger partial charge in [0.25, 0.3) is 0 Å². The van der Waals surface area contributed by atoms with Gasteiger partial charge in [0, 0.05) is 5.41 Å². The van der Waals surface area contributed by atoms with Gasteiger partial charge in [0.1, 0.15) is 6.61 Å². The van der Waals surface area contributed by atoms with Gasteiger partial charge in [0.2, 0.25) is 0 Å². The van der Waals surface area contributed by atoms with Crippen LogP contribution in [0.2, 0.25) is 0 Å². The van der Waals surface area contributed by atoms with Crippen molar-refractivity contribution in [2.45, 2.75) is 60.0 Å². The van der Waals surface area contributed by atoms with E-state index in [0.29, 0.717) is 6.10 Å². The molecule has 1 saturated carbocycles. The molecule has 2 atom stereocenters. The molecule has 0 aromatic heterocycles. The van der Waals surface area contributed by atoms with Crippen molar-refractivity contribution in [3.8, 4) is 0 Å². The minimum absolute atomic E-state index is 0.207. The monoisotopic (exact) mass is 226 g/mol. The fraction of sp³-hybridized carbons (Fsp3) is 0.929.